The average molecular weight is 302 g/mol. The van der Waals surface area contributed by atoms with Crippen molar-refractivity contribution in [1.82, 2.24) is 4.72 Å². The van der Waals surface area contributed by atoms with Crippen molar-refractivity contribution < 1.29 is 17.5 Å². The van der Waals surface area contributed by atoms with Crippen LogP contribution in [0.2, 0.25) is 0 Å². The molecule has 1 aromatic rings. The van der Waals surface area contributed by atoms with Crippen LogP contribution in [0.5, 0.6) is 0 Å². The van der Waals surface area contributed by atoms with E-state index < -0.39 is 21.4 Å². The number of sulfonamides is 1. The lowest BCUT2D eigenvalue weighted by Gasteiger charge is -2.34. The number of hydrogen-bond acceptors (Lipinski definition) is 4. The predicted octanol–water partition coefficient (Wildman–Crippen LogP) is 1.13. The van der Waals surface area contributed by atoms with E-state index >= 15 is 0 Å². The maximum Gasteiger partial charge on any atom is 0.243 e. The van der Waals surface area contributed by atoms with Gasteiger partial charge >= 0.3 is 0 Å². The molecule has 7 heteroatoms. The molecular weight excluding hydrogens is 283 g/mol. The van der Waals surface area contributed by atoms with Gasteiger partial charge in [0.2, 0.25) is 10.0 Å². The van der Waals surface area contributed by atoms with E-state index in [-0.39, 0.29) is 11.4 Å². The fraction of sp³-hybridized carbons (Fsp3) is 0.538. The summed E-state index contributed by atoms with van der Waals surface area (Å²) in [6.07, 6.45) is 1.13. The van der Waals surface area contributed by atoms with Crippen molar-refractivity contribution in [2.45, 2.75) is 36.7 Å². The zero-order chi connectivity index (χ0) is 14.8. The Bertz CT molecular complexity index is 583. The molecule has 0 aliphatic carbocycles. The summed E-state index contributed by atoms with van der Waals surface area (Å²) < 4.78 is 46.3. The first kappa shape index (κ1) is 15.4. The molecule has 0 aromatic heterocycles. The Morgan fingerprint density at radius 1 is 1.40 bits per heavy atom. The lowest BCUT2D eigenvalue weighted by Crippen LogP contribution is -2.49. The second-order valence-corrected chi connectivity index (χ2v) is 6.90. The molecule has 3 N–H and O–H groups in total. The third kappa shape index (κ3) is 3.35. The number of benzene rings is 1. The van der Waals surface area contributed by atoms with Crippen molar-refractivity contribution in [3.63, 3.8) is 0 Å². The van der Waals surface area contributed by atoms with Gasteiger partial charge in [-0.3, -0.25) is 0 Å². The van der Waals surface area contributed by atoms with Crippen LogP contribution in [0.1, 0.15) is 25.3 Å². The summed E-state index contributed by atoms with van der Waals surface area (Å²) in [5.74, 6) is -0.781. The molecule has 1 heterocycles. The van der Waals surface area contributed by atoms with Crippen LogP contribution in [0.3, 0.4) is 0 Å². The highest BCUT2D eigenvalue weighted by Crippen LogP contribution is 2.24. The van der Waals surface area contributed by atoms with E-state index in [2.05, 4.69) is 4.72 Å². The smallest absolute Gasteiger partial charge is 0.243 e. The second kappa shape index (κ2) is 5.77. The van der Waals surface area contributed by atoms with E-state index in [0.29, 0.717) is 31.6 Å². The topological polar surface area (TPSA) is 81.4 Å². The summed E-state index contributed by atoms with van der Waals surface area (Å²) in [5, 5.41) is 0. The molecule has 0 amide bonds. The quantitative estimate of drug-likeness (QED) is 0.873. The SMILES string of the molecule is CC1(NS(=O)(=O)c2ccc(CN)cc2F)CCOCC1. The largest absolute Gasteiger partial charge is 0.381 e. The first-order valence-electron chi connectivity index (χ1n) is 6.46. The van der Waals surface area contributed by atoms with Crippen LogP contribution in [0.15, 0.2) is 23.1 Å². The lowest BCUT2D eigenvalue weighted by atomic mass is 9.94. The molecule has 1 aromatic carbocycles. The number of ether oxygens (including phenoxy) is 1. The van der Waals surface area contributed by atoms with E-state index in [1.165, 1.54) is 12.1 Å². The summed E-state index contributed by atoms with van der Waals surface area (Å²) >= 11 is 0. The van der Waals surface area contributed by atoms with Crippen molar-refractivity contribution in [2.24, 2.45) is 5.73 Å². The van der Waals surface area contributed by atoms with E-state index in [0.717, 1.165) is 6.07 Å². The van der Waals surface area contributed by atoms with E-state index in [9.17, 15) is 12.8 Å². The van der Waals surface area contributed by atoms with Gasteiger partial charge in [0, 0.05) is 25.3 Å². The van der Waals surface area contributed by atoms with Crippen LogP contribution in [0.25, 0.3) is 0 Å². The molecule has 20 heavy (non-hydrogen) atoms. The van der Waals surface area contributed by atoms with Gasteiger partial charge in [0.1, 0.15) is 10.7 Å². The van der Waals surface area contributed by atoms with Gasteiger partial charge in [-0.05, 0) is 37.5 Å². The molecule has 5 nitrogen and oxygen atoms in total. The molecule has 1 saturated heterocycles. The maximum atomic E-state index is 13.9. The summed E-state index contributed by atoms with van der Waals surface area (Å²) in [6, 6.07) is 3.92. The van der Waals surface area contributed by atoms with Crippen LogP contribution < -0.4 is 10.5 Å². The summed E-state index contributed by atoms with van der Waals surface area (Å²) in [7, 11) is -3.90. The molecule has 0 atom stereocenters. The van der Waals surface area contributed by atoms with Crippen LogP contribution in [0, 0.1) is 5.82 Å². The van der Waals surface area contributed by atoms with Crippen LogP contribution in [0.4, 0.5) is 4.39 Å². The van der Waals surface area contributed by atoms with Crippen molar-refractivity contribution in [3.05, 3.63) is 29.6 Å². The Hall–Kier alpha value is -1.02. The second-order valence-electron chi connectivity index (χ2n) is 5.25. The number of hydrogen-bond donors (Lipinski definition) is 2. The minimum Gasteiger partial charge on any atom is -0.381 e. The highest BCUT2D eigenvalue weighted by atomic mass is 32.2. The average Bonchev–Trinajstić information content (AvgIpc) is 2.37. The molecule has 0 bridgehead atoms. The minimum atomic E-state index is -3.90. The molecule has 0 unspecified atom stereocenters. The Morgan fingerprint density at radius 3 is 2.60 bits per heavy atom. The van der Waals surface area contributed by atoms with Gasteiger partial charge in [0.25, 0.3) is 0 Å². The molecule has 2 rings (SSSR count). The van der Waals surface area contributed by atoms with E-state index in [1.807, 2.05) is 0 Å². The third-order valence-corrected chi connectivity index (χ3v) is 5.17. The zero-order valence-electron chi connectivity index (χ0n) is 11.4. The molecule has 112 valence electrons. The van der Waals surface area contributed by atoms with Gasteiger partial charge in [-0.1, -0.05) is 6.07 Å². The van der Waals surface area contributed by atoms with E-state index in [4.69, 9.17) is 10.5 Å². The Labute approximate surface area is 118 Å². The molecule has 0 spiro atoms. The van der Waals surface area contributed by atoms with Gasteiger partial charge in [0.15, 0.2) is 0 Å². The normalized spacial score (nSPS) is 18.9. The fourth-order valence-corrected chi connectivity index (χ4v) is 3.72. The maximum absolute atomic E-state index is 13.9. The first-order chi connectivity index (χ1) is 9.36. The Balaban J connectivity index is 2.26. The number of rotatable bonds is 4. The van der Waals surface area contributed by atoms with Gasteiger partial charge < -0.3 is 10.5 Å². The number of nitrogens with one attached hydrogen (secondary N) is 1. The zero-order valence-corrected chi connectivity index (χ0v) is 12.2. The fourth-order valence-electron chi connectivity index (χ4n) is 2.19. The lowest BCUT2D eigenvalue weighted by molar-refractivity contribution is 0.0537. The highest BCUT2D eigenvalue weighted by Gasteiger charge is 2.33. The third-order valence-electron chi connectivity index (χ3n) is 3.50. The van der Waals surface area contributed by atoms with Crippen LogP contribution in [-0.2, 0) is 21.3 Å². The van der Waals surface area contributed by atoms with Crippen molar-refractivity contribution in [3.8, 4) is 0 Å². The van der Waals surface area contributed by atoms with Gasteiger partial charge in [0.05, 0.1) is 0 Å². The summed E-state index contributed by atoms with van der Waals surface area (Å²) in [4.78, 5) is -0.345. The van der Waals surface area contributed by atoms with Gasteiger partial charge in [-0.25, -0.2) is 17.5 Å². The molecular formula is C13H19FN2O3S. The Kier molecular flexibility index (Phi) is 4.43. The first-order valence-corrected chi connectivity index (χ1v) is 7.95. The highest BCUT2D eigenvalue weighted by molar-refractivity contribution is 7.89. The predicted molar refractivity (Wildman–Crippen MR) is 73.1 cm³/mol. The monoisotopic (exact) mass is 302 g/mol. The summed E-state index contributed by atoms with van der Waals surface area (Å²) in [6.45, 7) is 2.96. The Morgan fingerprint density at radius 2 is 2.05 bits per heavy atom. The van der Waals surface area contributed by atoms with Crippen LogP contribution in [-0.4, -0.2) is 27.2 Å². The number of nitrogens with two attached hydrogens (primary N) is 1. The van der Waals surface area contributed by atoms with Gasteiger partial charge in [-0.15, -0.1) is 0 Å². The minimum absolute atomic E-state index is 0.166. The molecule has 1 aliphatic heterocycles. The molecule has 1 aliphatic rings. The van der Waals surface area contributed by atoms with Crippen LogP contribution >= 0.6 is 0 Å². The van der Waals surface area contributed by atoms with Crippen molar-refractivity contribution in [2.75, 3.05) is 13.2 Å². The van der Waals surface area contributed by atoms with Crippen molar-refractivity contribution in [1.29, 1.82) is 0 Å². The summed E-state index contributed by atoms with van der Waals surface area (Å²) in [5.41, 5.74) is 5.36. The van der Waals surface area contributed by atoms with Gasteiger partial charge in [-0.2, -0.15) is 0 Å². The number of halogens is 1. The standard InChI is InChI=1S/C13H19FN2O3S/c1-13(4-6-19-7-5-13)16-20(17,18)12-3-2-10(9-15)8-11(12)14/h2-3,8,16H,4-7,9,15H2,1H3. The van der Waals surface area contributed by atoms with E-state index in [1.54, 1.807) is 6.92 Å². The van der Waals surface area contributed by atoms with Crippen molar-refractivity contribution >= 4 is 10.0 Å². The molecule has 0 saturated carbocycles. The molecule has 1 fully saturated rings. The molecule has 0 radical (unpaired) electrons.